The molecule has 17 heavy (non-hydrogen) atoms. The van der Waals surface area contributed by atoms with Gasteiger partial charge in [0.2, 0.25) is 0 Å². The lowest BCUT2D eigenvalue weighted by atomic mass is 10.2. The van der Waals surface area contributed by atoms with Crippen LogP contribution in [0.2, 0.25) is 10.0 Å². The highest BCUT2D eigenvalue weighted by atomic mass is 35.5. The molecule has 0 amide bonds. The van der Waals surface area contributed by atoms with Crippen LogP contribution in [0.25, 0.3) is 0 Å². The van der Waals surface area contributed by atoms with Crippen LogP contribution in [0.3, 0.4) is 0 Å². The Kier molecular flexibility index (Phi) is 5.55. The van der Waals surface area contributed by atoms with Crippen LogP contribution in [0.5, 0.6) is 0 Å². The van der Waals surface area contributed by atoms with Crippen molar-refractivity contribution < 1.29 is 14.3 Å². The number of anilines is 1. The van der Waals surface area contributed by atoms with E-state index in [1.165, 1.54) is 12.1 Å². The number of ether oxygens (including phenoxy) is 2. The van der Waals surface area contributed by atoms with Crippen LogP contribution in [0, 0.1) is 0 Å². The average molecular weight is 278 g/mol. The molecule has 1 aromatic rings. The molecule has 0 radical (unpaired) electrons. The largest absolute Gasteiger partial charge is 0.460 e. The summed E-state index contributed by atoms with van der Waals surface area (Å²) < 4.78 is 10.00. The number of hydrogen-bond acceptors (Lipinski definition) is 4. The molecule has 0 fully saturated rings. The van der Waals surface area contributed by atoms with Crippen molar-refractivity contribution in [1.29, 1.82) is 0 Å². The molecule has 0 unspecified atom stereocenters. The molecule has 0 heterocycles. The topological polar surface area (TPSA) is 61.5 Å². The first kappa shape index (κ1) is 14.1. The summed E-state index contributed by atoms with van der Waals surface area (Å²) in [6.07, 6.45) is 0. The average Bonchev–Trinajstić information content (AvgIpc) is 2.29. The third-order valence-corrected chi connectivity index (χ3v) is 2.51. The molecular weight excluding hydrogens is 265 g/mol. The number of rotatable bonds is 5. The number of carbonyl (C=O) groups excluding carboxylic acids is 1. The Hall–Kier alpha value is -0.970. The van der Waals surface area contributed by atoms with Crippen LogP contribution < -0.4 is 5.73 Å². The minimum absolute atomic E-state index is 0.163. The van der Waals surface area contributed by atoms with E-state index in [1.807, 2.05) is 6.92 Å². The molecule has 6 heteroatoms. The van der Waals surface area contributed by atoms with Crippen LogP contribution in [0.4, 0.5) is 5.69 Å². The smallest absolute Gasteiger partial charge is 0.340 e. The van der Waals surface area contributed by atoms with Crippen molar-refractivity contribution in [2.45, 2.75) is 6.92 Å². The van der Waals surface area contributed by atoms with Crippen molar-refractivity contribution >= 4 is 34.9 Å². The van der Waals surface area contributed by atoms with E-state index in [-0.39, 0.29) is 22.9 Å². The second-order valence-electron chi connectivity index (χ2n) is 3.18. The van der Waals surface area contributed by atoms with Gasteiger partial charge in [-0.15, -0.1) is 0 Å². The van der Waals surface area contributed by atoms with Crippen LogP contribution in [-0.4, -0.2) is 25.8 Å². The molecule has 1 rings (SSSR count). The maximum absolute atomic E-state index is 11.7. The van der Waals surface area contributed by atoms with Gasteiger partial charge < -0.3 is 15.2 Å². The van der Waals surface area contributed by atoms with E-state index in [4.69, 9.17) is 38.4 Å². The maximum Gasteiger partial charge on any atom is 0.340 e. The number of nitrogen functional groups attached to an aromatic ring is 1. The molecule has 4 nitrogen and oxygen atoms in total. The van der Waals surface area contributed by atoms with E-state index in [0.29, 0.717) is 18.2 Å². The quantitative estimate of drug-likeness (QED) is 0.511. The number of benzene rings is 1. The summed E-state index contributed by atoms with van der Waals surface area (Å²) in [5.41, 5.74) is 5.99. The van der Waals surface area contributed by atoms with Crippen LogP contribution in [0.15, 0.2) is 12.1 Å². The SMILES string of the molecule is CCOCCOC(=O)c1cc(Cl)cc(Cl)c1N. The van der Waals surface area contributed by atoms with E-state index >= 15 is 0 Å². The van der Waals surface area contributed by atoms with Gasteiger partial charge >= 0.3 is 5.97 Å². The van der Waals surface area contributed by atoms with Crippen LogP contribution >= 0.6 is 23.2 Å². The third kappa shape index (κ3) is 4.07. The second-order valence-corrected chi connectivity index (χ2v) is 4.03. The summed E-state index contributed by atoms with van der Waals surface area (Å²) in [5, 5.41) is 0.565. The van der Waals surface area contributed by atoms with Crippen molar-refractivity contribution in [3.63, 3.8) is 0 Å². The van der Waals surface area contributed by atoms with Crippen molar-refractivity contribution in [3.05, 3.63) is 27.7 Å². The Morgan fingerprint density at radius 2 is 2.06 bits per heavy atom. The highest BCUT2D eigenvalue weighted by Gasteiger charge is 2.14. The fourth-order valence-electron chi connectivity index (χ4n) is 1.17. The fraction of sp³-hybridized carbons (Fsp3) is 0.364. The van der Waals surface area contributed by atoms with E-state index in [9.17, 15) is 4.79 Å². The summed E-state index contributed by atoms with van der Waals surface area (Å²) in [6, 6.07) is 2.89. The van der Waals surface area contributed by atoms with E-state index in [1.54, 1.807) is 0 Å². The van der Waals surface area contributed by atoms with Crippen LogP contribution in [0.1, 0.15) is 17.3 Å². The first-order valence-corrected chi connectivity index (χ1v) is 5.81. The van der Waals surface area contributed by atoms with E-state index < -0.39 is 5.97 Å². The summed E-state index contributed by atoms with van der Waals surface area (Å²) in [7, 11) is 0. The number of carbonyl (C=O) groups is 1. The lowest BCUT2D eigenvalue weighted by molar-refractivity contribution is 0.0336. The molecule has 0 atom stereocenters. The molecule has 0 aliphatic rings. The Labute approximate surface area is 110 Å². The van der Waals surface area contributed by atoms with Gasteiger partial charge in [-0.05, 0) is 19.1 Å². The molecule has 0 aromatic heterocycles. The van der Waals surface area contributed by atoms with Gasteiger partial charge in [0, 0.05) is 11.6 Å². The van der Waals surface area contributed by atoms with Gasteiger partial charge in [-0.2, -0.15) is 0 Å². The zero-order valence-electron chi connectivity index (χ0n) is 9.33. The lowest BCUT2D eigenvalue weighted by Gasteiger charge is -2.08. The molecule has 0 aliphatic carbocycles. The molecule has 0 saturated carbocycles. The number of esters is 1. The highest BCUT2D eigenvalue weighted by molar-refractivity contribution is 6.37. The number of hydrogen-bond donors (Lipinski definition) is 1. The normalized spacial score (nSPS) is 10.3. The van der Waals surface area contributed by atoms with Gasteiger partial charge in [0.15, 0.2) is 0 Å². The fourth-order valence-corrected chi connectivity index (χ4v) is 1.66. The van der Waals surface area contributed by atoms with Crippen molar-refractivity contribution in [3.8, 4) is 0 Å². The minimum Gasteiger partial charge on any atom is -0.460 e. The third-order valence-electron chi connectivity index (χ3n) is 1.98. The highest BCUT2D eigenvalue weighted by Crippen LogP contribution is 2.27. The molecule has 0 aliphatic heterocycles. The maximum atomic E-state index is 11.7. The predicted molar refractivity (Wildman–Crippen MR) is 67.6 cm³/mol. The molecule has 0 spiro atoms. The van der Waals surface area contributed by atoms with Crippen LogP contribution in [-0.2, 0) is 9.47 Å². The monoisotopic (exact) mass is 277 g/mol. The van der Waals surface area contributed by atoms with Gasteiger partial charge in [0.25, 0.3) is 0 Å². The van der Waals surface area contributed by atoms with Gasteiger partial charge in [-0.3, -0.25) is 0 Å². The minimum atomic E-state index is -0.563. The first-order chi connectivity index (χ1) is 8.06. The second kappa shape index (κ2) is 6.69. The molecule has 0 saturated heterocycles. The lowest BCUT2D eigenvalue weighted by Crippen LogP contribution is -2.12. The Morgan fingerprint density at radius 3 is 2.71 bits per heavy atom. The van der Waals surface area contributed by atoms with Crippen molar-refractivity contribution in [2.24, 2.45) is 0 Å². The van der Waals surface area contributed by atoms with E-state index in [0.717, 1.165) is 0 Å². The van der Waals surface area contributed by atoms with Crippen molar-refractivity contribution in [1.82, 2.24) is 0 Å². The van der Waals surface area contributed by atoms with Gasteiger partial charge in [-0.25, -0.2) is 4.79 Å². The molecular formula is C11H13Cl2NO3. The number of nitrogens with two attached hydrogens (primary N) is 1. The Bertz CT molecular complexity index is 410. The summed E-state index contributed by atoms with van der Waals surface area (Å²) in [6.45, 7) is 2.94. The standard InChI is InChI=1S/C11H13Cl2NO3/c1-2-16-3-4-17-11(15)8-5-7(12)6-9(13)10(8)14/h5-6H,2-4,14H2,1H3. The number of halogens is 2. The Morgan fingerprint density at radius 1 is 1.35 bits per heavy atom. The van der Waals surface area contributed by atoms with Gasteiger partial charge in [-0.1, -0.05) is 23.2 Å². The van der Waals surface area contributed by atoms with Gasteiger partial charge in [0.1, 0.15) is 6.61 Å². The molecule has 0 bridgehead atoms. The van der Waals surface area contributed by atoms with Gasteiger partial charge in [0.05, 0.1) is 22.9 Å². The van der Waals surface area contributed by atoms with E-state index in [2.05, 4.69) is 0 Å². The molecule has 94 valence electrons. The zero-order chi connectivity index (χ0) is 12.8. The predicted octanol–water partition coefficient (Wildman–Crippen LogP) is 2.77. The summed E-state index contributed by atoms with van der Waals surface area (Å²) in [5.74, 6) is -0.563. The zero-order valence-corrected chi connectivity index (χ0v) is 10.8. The molecule has 2 N–H and O–H groups in total. The Balaban J connectivity index is 2.69. The summed E-state index contributed by atoms with van der Waals surface area (Å²) in [4.78, 5) is 11.7. The first-order valence-electron chi connectivity index (χ1n) is 5.05. The molecule has 1 aromatic carbocycles. The summed E-state index contributed by atoms with van der Waals surface area (Å²) >= 11 is 11.6. The van der Waals surface area contributed by atoms with Crippen molar-refractivity contribution in [2.75, 3.05) is 25.6 Å².